The van der Waals surface area contributed by atoms with Crippen LogP contribution < -0.4 is 17.0 Å². The van der Waals surface area contributed by atoms with E-state index in [1.54, 1.807) is 0 Å². The third kappa shape index (κ3) is 9.85. The topological polar surface area (TPSA) is 88.3 Å². The van der Waals surface area contributed by atoms with Gasteiger partial charge < -0.3 is 17.0 Å². The maximum absolute atomic E-state index is 7.43. The molecule has 12 saturated heterocycles. The highest BCUT2D eigenvalue weighted by molar-refractivity contribution is 7.88. The zero-order chi connectivity index (χ0) is 46.2. The summed E-state index contributed by atoms with van der Waals surface area (Å²) in [6.07, 6.45) is 31.0. The number of hydrogen-bond donors (Lipinski definition) is 0. The lowest BCUT2D eigenvalue weighted by Gasteiger charge is -2.48. The minimum Gasteiger partial charge on any atom is -1.00 e. The molecular weight excluding hydrogens is 1040 g/mol. The SMILES string of the molecule is C1CCN(P(=N[P+](N=P(N2CCCC2)(N2CCCC2)N2CCCC2)(N=P(N2CCCC2)(N2CCCC2)N2CCCC2)N=P(N2CCCC2)(N2CCCC2)N2CCCC2)(N2CCCC2)N2CCCC2)C1.[Br-]. The van der Waals surface area contributed by atoms with Crippen molar-refractivity contribution in [1.29, 1.82) is 0 Å². The van der Waals surface area contributed by atoms with E-state index in [0.717, 1.165) is 0 Å². The average molecular weight is 1130 g/mol. The molecule has 12 aliphatic rings. The molecule has 0 saturated carbocycles. The Morgan fingerprint density at radius 1 is 0.171 bits per heavy atom. The van der Waals surface area contributed by atoms with Gasteiger partial charge in [-0.2, -0.15) is 0 Å². The van der Waals surface area contributed by atoms with Crippen LogP contribution in [-0.4, -0.2) is 213 Å². The Balaban J connectivity index is 0.00000533. The van der Waals surface area contributed by atoms with Gasteiger partial charge in [-0.25, -0.2) is 56.0 Å². The summed E-state index contributed by atoms with van der Waals surface area (Å²) in [5.41, 5.74) is 0. The molecule has 0 atom stereocenters. The molecule has 0 N–H and O–H groups in total. The molecule has 12 fully saturated rings. The molecule has 12 rings (SSSR count). The molecule has 0 spiro atoms. The van der Waals surface area contributed by atoms with Crippen molar-refractivity contribution in [1.82, 2.24) is 56.0 Å². The summed E-state index contributed by atoms with van der Waals surface area (Å²) in [6.45, 7) is 28.1. The van der Waals surface area contributed by atoms with Gasteiger partial charge in [0.05, 0.1) is 0 Å². The van der Waals surface area contributed by atoms with Gasteiger partial charge in [0.15, 0.2) is 0 Å². The number of rotatable bonds is 16. The van der Waals surface area contributed by atoms with E-state index in [4.69, 9.17) is 18.1 Å². The Bertz CT molecular complexity index is 1470. The van der Waals surface area contributed by atoms with Crippen LogP contribution in [0.5, 0.6) is 0 Å². The van der Waals surface area contributed by atoms with Crippen LogP contribution in [0.3, 0.4) is 0 Å². The summed E-state index contributed by atoms with van der Waals surface area (Å²) in [4.78, 5) is 0. The monoisotopic (exact) mass is 1130 g/mol. The quantitative estimate of drug-likeness (QED) is 0.139. The standard InChI is InChI=1S/C48H96N16P5.BrH/c1-2-26-53(25-1)66(54-27-3-4-28-54,55-29-5-6-30-55)49-65(50-67(56-31-7-8-32-56,57-33-9-10-34-57)58-35-11-12-36-58,51-68(59-37-13-14-38-59,60-39-15-16-40-60)61-41-17-18-42-61)52-69(62-43-19-20-44-62,63-45-21-22-46-63)64-47-23-24-48-64;/h1-48H2;1H/q+1;/p-1. The summed E-state index contributed by atoms with van der Waals surface area (Å²) in [5.74, 6) is 0. The lowest BCUT2D eigenvalue weighted by molar-refractivity contribution is -0.0000157. The molecule has 0 amide bonds. The van der Waals surface area contributed by atoms with Crippen LogP contribution in [0.1, 0.15) is 154 Å². The second-order valence-corrected chi connectivity index (χ2v) is 38.0. The average Bonchev–Trinajstić information content (AvgIpc) is 4.22. The van der Waals surface area contributed by atoms with Crippen LogP contribution in [0.25, 0.3) is 0 Å². The van der Waals surface area contributed by atoms with Gasteiger partial charge in [-0.1, -0.05) is 0 Å². The van der Waals surface area contributed by atoms with E-state index in [0.29, 0.717) is 0 Å². The van der Waals surface area contributed by atoms with Crippen molar-refractivity contribution in [2.75, 3.05) is 157 Å². The number of hydrogen-bond acceptors (Lipinski definition) is 4. The van der Waals surface area contributed by atoms with Crippen molar-refractivity contribution in [2.24, 2.45) is 18.1 Å². The van der Waals surface area contributed by atoms with Crippen molar-refractivity contribution in [3.8, 4) is 0 Å². The molecule has 0 radical (unpaired) electrons. The smallest absolute Gasteiger partial charge is 0.502 e. The number of halogens is 1. The lowest BCUT2D eigenvalue weighted by Crippen LogP contribution is -3.00. The molecule has 12 aliphatic heterocycles. The van der Waals surface area contributed by atoms with E-state index in [2.05, 4.69) is 56.0 Å². The van der Waals surface area contributed by atoms with Crippen LogP contribution in [0.15, 0.2) is 18.1 Å². The summed E-state index contributed by atoms with van der Waals surface area (Å²) in [6, 6.07) is 0. The van der Waals surface area contributed by atoms with Crippen molar-refractivity contribution < 1.29 is 17.0 Å². The fourth-order valence-corrected chi connectivity index (χ4v) is 42.7. The Hall–Kier alpha value is 1.35. The highest BCUT2D eigenvalue weighted by Gasteiger charge is 2.63. The number of nitrogens with zero attached hydrogens (tertiary/aromatic N) is 16. The van der Waals surface area contributed by atoms with Crippen LogP contribution >= 0.6 is 37.9 Å². The Morgan fingerprint density at radius 3 is 0.343 bits per heavy atom. The summed E-state index contributed by atoms with van der Waals surface area (Å²) in [7, 11) is -13.5. The molecule has 0 unspecified atom stereocenters. The van der Waals surface area contributed by atoms with E-state index >= 15 is 0 Å². The molecule has 0 aromatic carbocycles. The highest BCUT2D eigenvalue weighted by atomic mass is 79.9. The van der Waals surface area contributed by atoms with E-state index in [9.17, 15) is 0 Å². The normalized spacial score (nSPS) is 29.6. The first-order valence-corrected chi connectivity index (χ1v) is 37.6. The molecule has 0 bridgehead atoms. The summed E-state index contributed by atoms with van der Waals surface area (Å²) < 4.78 is 66.4. The van der Waals surface area contributed by atoms with Crippen molar-refractivity contribution in [3.63, 3.8) is 0 Å². The molecule has 12 heterocycles. The maximum atomic E-state index is 7.43. The van der Waals surface area contributed by atoms with Crippen LogP contribution in [-0.2, 0) is 0 Å². The first kappa shape index (κ1) is 53.4. The maximum Gasteiger partial charge on any atom is 0.502 e. The van der Waals surface area contributed by atoms with Gasteiger partial charge in [0, 0.05) is 157 Å². The third-order valence-electron chi connectivity index (χ3n) is 18.5. The van der Waals surface area contributed by atoms with Crippen LogP contribution in [0.2, 0.25) is 0 Å². The van der Waals surface area contributed by atoms with Gasteiger partial charge in [-0.05, 0) is 172 Å². The fraction of sp³-hybridized carbons (Fsp3) is 1.00. The van der Waals surface area contributed by atoms with Gasteiger partial charge in [0.1, 0.15) is 0 Å². The summed E-state index contributed by atoms with van der Waals surface area (Å²) >= 11 is 0. The highest BCUT2D eigenvalue weighted by Crippen LogP contribution is 2.89. The van der Waals surface area contributed by atoms with Crippen molar-refractivity contribution in [3.05, 3.63) is 0 Å². The van der Waals surface area contributed by atoms with Gasteiger partial charge in [0.2, 0.25) is 30.0 Å². The third-order valence-corrected chi connectivity index (χ3v) is 40.1. The van der Waals surface area contributed by atoms with E-state index in [-0.39, 0.29) is 17.0 Å². The van der Waals surface area contributed by atoms with Gasteiger partial charge >= 0.3 is 7.87 Å². The summed E-state index contributed by atoms with van der Waals surface area (Å²) in [5, 5.41) is 0. The van der Waals surface area contributed by atoms with Gasteiger partial charge in [0.25, 0.3) is 0 Å². The predicted molar refractivity (Wildman–Crippen MR) is 294 cm³/mol. The second kappa shape index (κ2) is 23.8. The Kier molecular flexibility index (Phi) is 18.1. The molecule has 0 aromatic heterocycles. The Labute approximate surface area is 437 Å². The first-order valence-electron chi connectivity index (χ1n) is 29.6. The van der Waals surface area contributed by atoms with Crippen molar-refractivity contribution in [2.45, 2.75) is 154 Å². The first-order chi connectivity index (χ1) is 34.1. The van der Waals surface area contributed by atoms with Crippen LogP contribution in [0, 0.1) is 0 Å². The lowest BCUT2D eigenvalue weighted by atomic mass is 10.4. The minimum atomic E-state index is -3.41. The molecule has 0 aliphatic carbocycles. The molecule has 16 nitrogen and oxygen atoms in total. The van der Waals surface area contributed by atoms with Gasteiger partial charge in [-0.15, -0.1) is 0 Å². The molecule has 0 aromatic rings. The second-order valence-electron chi connectivity index (χ2n) is 23.0. The predicted octanol–water partition coefficient (Wildman–Crippen LogP) is 8.60. The van der Waals surface area contributed by atoms with E-state index in [1.807, 2.05) is 0 Å². The molecule has 70 heavy (non-hydrogen) atoms. The largest absolute Gasteiger partial charge is 1.00 e. The van der Waals surface area contributed by atoms with Crippen LogP contribution in [0.4, 0.5) is 0 Å². The molecular formula is C48H96BrN16P5. The van der Waals surface area contributed by atoms with E-state index in [1.165, 1.54) is 311 Å². The van der Waals surface area contributed by atoms with Gasteiger partial charge in [-0.3, -0.25) is 0 Å². The van der Waals surface area contributed by atoms with Crippen molar-refractivity contribution >= 4 is 37.9 Å². The van der Waals surface area contributed by atoms with E-state index < -0.39 is 37.9 Å². The molecule has 400 valence electrons. The zero-order valence-electron chi connectivity index (χ0n) is 43.7. The zero-order valence-corrected chi connectivity index (χ0v) is 49.8. The fourth-order valence-electron chi connectivity index (χ4n) is 15.2. The minimum absolute atomic E-state index is 0. The Morgan fingerprint density at radius 2 is 0.257 bits per heavy atom. The molecule has 22 heteroatoms.